The van der Waals surface area contributed by atoms with Gasteiger partial charge in [-0.1, -0.05) is 0 Å². The summed E-state index contributed by atoms with van der Waals surface area (Å²) in [5.41, 5.74) is 0. The fourth-order valence-corrected chi connectivity index (χ4v) is 1.51. The molecule has 0 spiro atoms. The average molecular weight is 254 g/mol. The van der Waals surface area contributed by atoms with Crippen LogP contribution in [0.2, 0.25) is 0 Å². The Balaban J connectivity index is 2.47. The van der Waals surface area contributed by atoms with Gasteiger partial charge in [-0.3, -0.25) is 4.79 Å². The third kappa shape index (κ3) is 3.58. The molecule has 17 heavy (non-hydrogen) atoms. The normalized spacial score (nSPS) is 24.5. The quantitative estimate of drug-likeness (QED) is 0.700. The monoisotopic (exact) mass is 254 g/mol. The molecule has 0 aromatic rings. The number of carbonyl (C=O) groups is 2. The number of ether oxygens (including phenoxy) is 1. The molecule has 8 heteroatoms. The van der Waals surface area contributed by atoms with Crippen LogP contribution in [-0.2, 0) is 14.3 Å². The van der Waals surface area contributed by atoms with E-state index in [1.165, 1.54) is 4.90 Å². The molecule has 1 fully saturated rings. The number of hydrogen-bond acceptors (Lipinski definition) is 4. The summed E-state index contributed by atoms with van der Waals surface area (Å²) < 4.78 is 40.0. The van der Waals surface area contributed by atoms with Crippen molar-refractivity contribution in [3.05, 3.63) is 0 Å². The molecule has 1 aliphatic rings. The summed E-state index contributed by atoms with van der Waals surface area (Å²) >= 11 is 0. The first kappa shape index (κ1) is 13.8. The van der Waals surface area contributed by atoms with E-state index in [0.29, 0.717) is 0 Å². The maximum absolute atomic E-state index is 11.9. The molecule has 5 nitrogen and oxygen atoms in total. The van der Waals surface area contributed by atoms with E-state index in [2.05, 4.69) is 10.1 Å². The van der Waals surface area contributed by atoms with Crippen LogP contribution in [0.4, 0.5) is 13.2 Å². The van der Waals surface area contributed by atoms with Gasteiger partial charge in [-0.25, -0.2) is 4.79 Å². The minimum Gasteiger partial charge on any atom is -0.454 e. The summed E-state index contributed by atoms with van der Waals surface area (Å²) in [6.45, 7) is 0.0477. The second-order valence-corrected chi connectivity index (χ2v) is 3.95. The lowest BCUT2D eigenvalue weighted by molar-refractivity contribution is -0.204. The fraction of sp³-hybridized carbons (Fsp3) is 0.778. The van der Waals surface area contributed by atoms with Crippen molar-refractivity contribution in [2.75, 3.05) is 20.6 Å². The molecule has 0 unspecified atom stereocenters. The van der Waals surface area contributed by atoms with Gasteiger partial charge in [-0.15, -0.1) is 0 Å². The Morgan fingerprint density at radius 1 is 1.35 bits per heavy atom. The largest absolute Gasteiger partial charge is 0.490 e. The zero-order chi connectivity index (χ0) is 13.2. The van der Waals surface area contributed by atoms with Crippen molar-refractivity contribution in [1.29, 1.82) is 0 Å². The van der Waals surface area contributed by atoms with Crippen molar-refractivity contribution in [3.8, 4) is 0 Å². The predicted molar refractivity (Wildman–Crippen MR) is 51.0 cm³/mol. The molecule has 0 saturated carbocycles. The summed E-state index contributed by atoms with van der Waals surface area (Å²) in [5, 5.41) is 2.71. The maximum atomic E-state index is 11.9. The Kier molecular flexibility index (Phi) is 3.97. The van der Waals surface area contributed by atoms with Crippen LogP contribution in [0.5, 0.6) is 0 Å². The van der Waals surface area contributed by atoms with Gasteiger partial charge >= 0.3 is 12.1 Å². The van der Waals surface area contributed by atoms with Crippen molar-refractivity contribution >= 4 is 11.9 Å². The Labute approximate surface area is 95.9 Å². The molecule has 1 saturated heterocycles. The van der Waals surface area contributed by atoms with Crippen molar-refractivity contribution in [2.45, 2.75) is 24.7 Å². The Morgan fingerprint density at radius 3 is 2.41 bits per heavy atom. The van der Waals surface area contributed by atoms with Gasteiger partial charge < -0.3 is 15.0 Å². The van der Waals surface area contributed by atoms with Crippen molar-refractivity contribution in [2.24, 2.45) is 0 Å². The summed E-state index contributed by atoms with van der Waals surface area (Å²) in [4.78, 5) is 23.4. The Hall–Kier alpha value is -1.31. The number of hydrogen-bond donors (Lipinski definition) is 1. The number of rotatable bonds is 2. The van der Waals surface area contributed by atoms with E-state index >= 15 is 0 Å². The topological polar surface area (TPSA) is 58.6 Å². The highest BCUT2D eigenvalue weighted by atomic mass is 19.4. The van der Waals surface area contributed by atoms with E-state index in [4.69, 9.17) is 0 Å². The van der Waals surface area contributed by atoms with Gasteiger partial charge in [0, 0.05) is 27.1 Å². The summed E-state index contributed by atoms with van der Waals surface area (Å²) in [6.07, 6.45) is -5.86. The van der Waals surface area contributed by atoms with E-state index in [-0.39, 0.29) is 18.9 Å². The summed E-state index contributed by atoms with van der Waals surface area (Å²) in [5.74, 6) is -2.47. The molecule has 1 N–H and O–H groups in total. The number of likely N-dealkylation sites (N-methyl/N-ethyl adjacent to an activating group) is 1. The van der Waals surface area contributed by atoms with Crippen LogP contribution in [0.15, 0.2) is 0 Å². The first-order valence-corrected chi connectivity index (χ1v) is 4.94. The molecule has 98 valence electrons. The molecule has 0 bridgehead atoms. The molecule has 0 radical (unpaired) electrons. The third-order valence-electron chi connectivity index (χ3n) is 2.33. The number of amides is 1. The lowest BCUT2D eigenvalue weighted by Crippen LogP contribution is -2.39. The molecule has 1 aliphatic heterocycles. The lowest BCUT2D eigenvalue weighted by atomic mass is 10.2. The lowest BCUT2D eigenvalue weighted by Gasteiger charge is -2.16. The molecule has 0 aromatic heterocycles. The molecule has 0 aromatic carbocycles. The second-order valence-electron chi connectivity index (χ2n) is 3.95. The van der Waals surface area contributed by atoms with Gasteiger partial charge in [-0.2, -0.15) is 13.2 Å². The van der Waals surface area contributed by atoms with E-state index in [1.54, 1.807) is 14.1 Å². The number of esters is 1. The van der Waals surface area contributed by atoms with E-state index in [1.807, 2.05) is 0 Å². The van der Waals surface area contributed by atoms with Crippen molar-refractivity contribution in [3.63, 3.8) is 0 Å². The number of nitrogens with zero attached hydrogens (tertiary/aromatic N) is 1. The number of nitrogens with one attached hydrogen (secondary N) is 1. The maximum Gasteiger partial charge on any atom is 0.490 e. The van der Waals surface area contributed by atoms with Gasteiger partial charge in [0.2, 0.25) is 5.91 Å². The summed E-state index contributed by atoms with van der Waals surface area (Å²) in [6, 6.07) is -0.601. The van der Waals surface area contributed by atoms with Crippen LogP contribution in [0.3, 0.4) is 0 Å². The van der Waals surface area contributed by atoms with E-state index in [0.717, 1.165) is 0 Å². The minimum atomic E-state index is -5.00. The zero-order valence-electron chi connectivity index (χ0n) is 9.37. The molecule has 1 heterocycles. The predicted octanol–water partition coefficient (Wildman–Crippen LogP) is -0.0894. The molecular formula is C9H13F3N2O3. The Bertz CT molecular complexity index is 317. The van der Waals surface area contributed by atoms with Crippen LogP contribution >= 0.6 is 0 Å². The Morgan fingerprint density at radius 2 is 1.94 bits per heavy atom. The van der Waals surface area contributed by atoms with Gasteiger partial charge in [0.1, 0.15) is 6.10 Å². The summed E-state index contributed by atoms with van der Waals surface area (Å²) in [7, 11) is 3.08. The van der Waals surface area contributed by atoms with Gasteiger partial charge in [-0.05, 0) is 0 Å². The van der Waals surface area contributed by atoms with Crippen LogP contribution in [-0.4, -0.2) is 55.7 Å². The number of alkyl halides is 3. The fourth-order valence-electron chi connectivity index (χ4n) is 1.51. The molecule has 1 rings (SSSR count). The highest BCUT2D eigenvalue weighted by molar-refractivity contribution is 5.82. The van der Waals surface area contributed by atoms with Crippen molar-refractivity contribution < 1.29 is 27.5 Å². The number of halogens is 3. The van der Waals surface area contributed by atoms with Crippen LogP contribution in [0.1, 0.15) is 6.42 Å². The highest BCUT2D eigenvalue weighted by Crippen LogP contribution is 2.20. The average Bonchev–Trinajstić information content (AvgIpc) is 2.63. The van der Waals surface area contributed by atoms with Gasteiger partial charge in [0.25, 0.3) is 0 Å². The third-order valence-corrected chi connectivity index (χ3v) is 2.33. The highest BCUT2D eigenvalue weighted by Gasteiger charge is 2.43. The zero-order valence-corrected chi connectivity index (χ0v) is 9.37. The van der Waals surface area contributed by atoms with E-state index in [9.17, 15) is 22.8 Å². The second kappa shape index (κ2) is 4.91. The van der Waals surface area contributed by atoms with Gasteiger partial charge in [0.15, 0.2) is 0 Å². The van der Waals surface area contributed by atoms with Crippen LogP contribution < -0.4 is 5.32 Å². The first-order chi connectivity index (χ1) is 7.71. The van der Waals surface area contributed by atoms with Gasteiger partial charge in [0.05, 0.1) is 6.04 Å². The molecular weight excluding hydrogens is 241 g/mol. The number of carbonyl (C=O) groups excluding carboxylic acids is 2. The van der Waals surface area contributed by atoms with E-state index < -0.39 is 24.3 Å². The van der Waals surface area contributed by atoms with Crippen LogP contribution in [0, 0.1) is 0 Å². The van der Waals surface area contributed by atoms with Crippen molar-refractivity contribution in [1.82, 2.24) is 10.2 Å². The first-order valence-electron chi connectivity index (χ1n) is 4.94. The standard InChI is InChI=1S/C9H13F3N2O3/c1-14(2)7(15)6-3-5(4-13-6)17-8(16)9(10,11)12/h5-6,13H,3-4H2,1-2H3/t5-,6-/m1/s1. The minimum absolute atomic E-state index is 0.0477. The smallest absolute Gasteiger partial charge is 0.454 e. The molecule has 1 amide bonds. The molecule has 0 aliphatic carbocycles. The SMILES string of the molecule is CN(C)C(=O)[C@H]1C[C@@H](OC(=O)C(F)(F)F)CN1. The van der Waals surface area contributed by atoms with Crippen LogP contribution in [0.25, 0.3) is 0 Å². The molecule has 2 atom stereocenters.